The first-order valence-corrected chi connectivity index (χ1v) is 11.1. The molecule has 2 aromatic rings. The van der Waals surface area contributed by atoms with Gasteiger partial charge in [0.2, 0.25) is 0 Å². The van der Waals surface area contributed by atoms with Crippen LogP contribution in [0.4, 0.5) is 4.79 Å². The number of nitrogens with zero attached hydrogens (tertiary/aromatic N) is 2. The number of carbonyl (C=O) groups is 1. The molecule has 0 bridgehead atoms. The van der Waals surface area contributed by atoms with Gasteiger partial charge in [0.05, 0.1) is 14.2 Å². The zero-order chi connectivity index (χ0) is 22.1. The van der Waals surface area contributed by atoms with Crippen molar-refractivity contribution in [1.82, 2.24) is 15.1 Å². The predicted molar refractivity (Wildman–Crippen MR) is 124 cm³/mol. The van der Waals surface area contributed by atoms with Gasteiger partial charge in [-0.05, 0) is 56.0 Å². The van der Waals surface area contributed by atoms with Gasteiger partial charge >= 0.3 is 6.03 Å². The lowest BCUT2D eigenvalue weighted by atomic mass is 10.0. The first-order valence-electron chi connectivity index (χ1n) is 11.1. The molecule has 31 heavy (non-hydrogen) atoms. The summed E-state index contributed by atoms with van der Waals surface area (Å²) in [6.45, 7) is 3.21. The van der Waals surface area contributed by atoms with Gasteiger partial charge in [-0.2, -0.15) is 0 Å². The highest BCUT2D eigenvalue weighted by Crippen LogP contribution is 2.28. The van der Waals surface area contributed by atoms with Crippen LogP contribution in [0.1, 0.15) is 24.0 Å². The van der Waals surface area contributed by atoms with E-state index in [4.69, 9.17) is 9.47 Å². The fraction of sp³-hybridized carbons (Fsp3) is 0.480. The number of ether oxygens (including phenoxy) is 2. The van der Waals surface area contributed by atoms with E-state index in [1.165, 1.54) is 11.1 Å². The predicted octanol–water partition coefficient (Wildman–Crippen LogP) is 3.59. The topological polar surface area (TPSA) is 54.0 Å². The molecule has 1 heterocycles. The lowest BCUT2D eigenvalue weighted by Gasteiger charge is -2.37. The van der Waals surface area contributed by atoms with Gasteiger partial charge in [0.15, 0.2) is 11.5 Å². The molecule has 0 radical (unpaired) electrons. The number of hydrogen-bond donors (Lipinski definition) is 1. The summed E-state index contributed by atoms with van der Waals surface area (Å²) in [5, 5.41) is 3.08. The Morgan fingerprint density at radius 2 is 1.84 bits per heavy atom. The summed E-state index contributed by atoms with van der Waals surface area (Å²) in [7, 11) is 5.47. The molecule has 1 saturated heterocycles. The highest BCUT2D eigenvalue weighted by Gasteiger charge is 2.26. The van der Waals surface area contributed by atoms with Gasteiger partial charge in [-0.15, -0.1) is 0 Å². The summed E-state index contributed by atoms with van der Waals surface area (Å²) in [5.41, 5.74) is 2.46. The van der Waals surface area contributed by atoms with E-state index in [0.717, 1.165) is 56.8 Å². The molecule has 1 aliphatic rings. The SMILES string of the molecule is COc1ccc(CCN(C)[C@@H]2CCCN(C(=O)NCCc3ccccc3)C2)cc1OC. The first-order chi connectivity index (χ1) is 15.1. The van der Waals surface area contributed by atoms with Gasteiger partial charge in [0.25, 0.3) is 0 Å². The molecule has 6 heteroatoms. The summed E-state index contributed by atoms with van der Waals surface area (Å²) in [6.07, 6.45) is 3.94. The third-order valence-corrected chi connectivity index (χ3v) is 6.04. The van der Waals surface area contributed by atoms with E-state index >= 15 is 0 Å². The normalized spacial score (nSPS) is 16.3. The van der Waals surface area contributed by atoms with E-state index in [1.54, 1.807) is 14.2 Å². The van der Waals surface area contributed by atoms with Gasteiger partial charge in [0.1, 0.15) is 0 Å². The third-order valence-electron chi connectivity index (χ3n) is 6.04. The lowest BCUT2D eigenvalue weighted by Crippen LogP contribution is -2.52. The summed E-state index contributed by atoms with van der Waals surface area (Å²) in [4.78, 5) is 17.0. The molecule has 6 nitrogen and oxygen atoms in total. The second kappa shape index (κ2) is 11.6. The van der Waals surface area contributed by atoms with Crippen LogP contribution in [0.2, 0.25) is 0 Å². The Morgan fingerprint density at radius 1 is 1.06 bits per heavy atom. The Kier molecular flexibility index (Phi) is 8.59. The summed E-state index contributed by atoms with van der Waals surface area (Å²) in [6, 6.07) is 16.8. The molecule has 2 aromatic carbocycles. The molecule has 0 aromatic heterocycles. The minimum atomic E-state index is 0.0499. The van der Waals surface area contributed by atoms with Crippen molar-refractivity contribution in [3.63, 3.8) is 0 Å². The average Bonchev–Trinajstić information content (AvgIpc) is 2.83. The fourth-order valence-electron chi connectivity index (χ4n) is 4.09. The molecule has 0 aliphatic carbocycles. The number of methoxy groups -OCH3 is 2. The number of carbonyl (C=O) groups excluding carboxylic acids is 1. The quantitative estimate of drug-likeness (QED) is 0.667. The van der Waals surface area contributed by atoms with E-state index in [2.05, 4.69) is 35.5 Å². The fourth-order valence-corrected chi connectivity index (χ4v) is 4.09. The van der Waals surface area contributed by atoms with E-state index in [-0.39, 0.29) is 6.03 Å². The highest BCUT2D eigenvalue weighted by molar-refractivity contribution is 5.74. The smallest absolute Gasteiger partial charge is 0.317 e. The zero-order valence-corrected chi connectivity index (χ0v) is 19.0. The molecule has 168 valence electrons. The molecule has 3 rings (SSSR count). The number of urea groups is 1. The average molecular weight is 426 g/mol. The molecule has 0 saturated carbocycles. The van der Waals surface area contributed by atoms with Crippen LogP contribution in [0.15, 0.2) is 48.5 Å². The number of hydrogen-bond acceptors (Lipinski definition) is 4. The minimum Gasteiger partial charge on any atom is -0.493 e. The minimum absolute atomic E-state index is 0.0499. The molecule has 1 atom stereocenters. The lowest BCUT2D eigenvalue weighted by molar-refractivity contribution is 0.127. The zero-order valence-electron chi connectivity index (χ0n) is 19.0. The van der Waals surface area contributed by atoms with Crippen LogP contribution in [-0.2, 0) is 12.8 Å². The van der Waals surface area contributed by atoms with Gasteiger partial charge < -0.3 is 24.6 Å². The number of likely N-dealkylation sites (tertiary alicyclic amines) is 1. The van der Waals surface area contributed by atoms with Crippen molar-refractivity contribution < 1.29 is 14.3 Å². The Hall–Kier alpha value is -2.73. The van der Waals surface area contributed by atoms with Crippen molar-refractivity contribution in [1.29, 1.82) is 0 Å². The van der Waals surface area contributed by atoms with Crippen LogP contribution < -0.4 is 14.8 Å². The number of benzene rings is 2. The van der Waals surface area contributed by atoms with Gasteiger partial charge in [0, 0.05) is 32.2 Å². The number of likely N-dealkylation sites (N-methyl/N-ethyl adjacent to an activating group) is 1. The van der Waals surface area contributed by atoms with Crippen LogP contribution >= 0.6 is 0 Å². The Bertz CT molecular complexity index is 828. The number of piperidine rings is 1. The molecular formula is C25H35N3O3. The van der Waals surface area contributed by atoms with Crippen molar-refractivity contribution >= 4 is 6.03 Å². The van der Waals surface area contributed by atoms with Crippen molar-refractivity contribution in [2.24, 2.45) is 0 Å². The summed E-state index contributed by atoms with van der Waals surface area (Å²) in [5.74, 6) is 1.51. The second-order valence-corrected chi connectivity index (χ2v) is 8.13. The molecule has 1 fully saturated rings. The Morgan fingerprint density at radius 3 is 2.58 bits per heavy atom. The van der Waals surface area contributed by atoms with Crippen LogP contribution in [0.3, 0.4) is 0 Å². The molecule has 1 aliphatic heterocycles. The number of amides is 2. The van der Waals surface area contributed by atoms with Crippen molar-refractivity contribution in [2.45, 2.75) is 31.7 Å². The monoisotopic (exact) mass is 425 g/mol. The molecule has 1 N–H and O–H groups in total. The molecule has 0 unspecified atom stereocenters. The maximum atomic E-state index is 12.6. The maximum absolute atomic E-state index is 12.6. The van der Waals surface area contributed by atoms with Crippen LogP contribution in [0.5, 0.6) is 11.5 Å². The van der Waals surface area contributed by atoms with Crippen molar-refractivity contribution in [3.05, 3.63) is 59.7 Å². The summed E-state index contributed by atoms with van der Waals surface area (Å²) >= 11 is 0. The van der Waals surface area contributed by atoms with Gasteiger partial charge in [-0.25, -0.2) is 4.79 Å². The number of rotatable bonds is 9. The Labute approximate surface area is 186 Å². The van der Waals surface area contributed by atoms with Crippen LogP contribution in [0.25, 0.3) is 0 Å². The first kappa shape index (κ1) is 22.9. The van der Waals surface area contributed by atoms with E-state index in [9.17, 15) is 4.79 Å². The van der Waals surface area contributed by atoms with E-state index < -0.39 is 0 Å². The molecular weight excluding hydrogens is 390 g/mol. The standard InChI is InChI=1S/C25H35N3O3/c1-27(17-14-21-11-12-23(30-2)24(18-21)31-3)22-10-7-16-28(19-22)25(29)26-15-13-20-8-5-4-6-9-20/h4-6,8-9,11-12,18,22H,7,10,13-17,19H2,1-3H3,(H,26,29)/t22-/m1/s1. The maximum Gasteiger partial charge on any atom is 0.317 e. The molecule has 2 amide bonds. The van der Waals surface area contributed by atoms with E-state index in [0.29, 0.717) is 12.6 Å². The van der Waals surface area contributed by atoms with E-state index in [1.807, 2.05) is 35.2 Å². The Balaban J connectivity index is 1.45. The van der Waals surface area contributed by atoms with Crippen LogP contribution in [-0.4, -0.2) is 69.3 Å². The largest absolute Gasteiger partial charge is 0.493 e. The number of nitrogens with one attached hydrogen (secondary N) is 1. The third kappa shape index (κ3) is 6.62. The van der Waals surface area contributed by atoms with Crippen molar-refractivity contribution in [2.75, 3.05) is 47.4 Å². The van der Waals surface area contributed by atoms with Crippen molar-refractivity contribution in [3.8, 4) is 11.5 Å². The van der Waals surface area contributed by atoms with Gasteiger partial charge in [-0.3, -0.25) is 0 Å². The molecule has 0 spiro atoms. The summed E-state index contributed by atoms with van der Waals surface area (Å²) < 4.78 is 10.7. The van der Waals surface area contributed by atoms with Gasteiger partial charge in [-0.1, -0.05) is 36.4 Å². The second-order valence-electron chi connectivity index (χ2n) is 8.13. The highest BCUT2D eigenvalue weighted by atomic mass is 16.5. The van der Waals surface area contributed by atoms with Crippen LogP contribution in [0, 0.1) is 0 Å².